The number of imidazole rings is 1. The molecule has 2 N–H and O–H groups in total. The van der Waals surface area contributed by atoms with E-state index in [1.807, 2.05) is 0 Å². The number of rotatable bonds is 8. The monoisotopic (exact) mass is 533 g/mol. The zero-order chi connectivity index (χ0) is 25.4. The van der Waals surface area contributed by atoms with Crippen molar-refractivity contribution in [3.05, 3.63) is 52.7 Å². The van der Waals surface area contributed by atoms with E-state index in [0.29, 0.717) is 55.2 Å². The van der Waals surface area contributed by atoms with Crippen LogP contribution in [0.4, 0.5) is 14.6 Å². The van der Waals surface area contributed by atoms with Gasteiger partial charge in [0.2, 0.25) is 0 Å². The van der Waals surface area contributed by atoms with Crippen molar-refractivity contribution in [2.24, 2.45) is 0 Å². The molecule has 0 radical (unpaired) electrons. The summed E-state index contributed by atoms with van der Waals surface area (Å²) in [4.78, 5) is 16.2. The van der Waals surface area contributed by atoms with E-state index in [-0.39, 0.29) is 12.4 Å². The Balaban J connectivity index is 1.61. The minimum atomic E-state index is -2.56. The summed E-state index contributed by atoms with van der Waals surface area (Å²) in [6.45, 7) is -0.308. The van der Waals surface area contributed by atoms with Crippen LogP contribution < -0.4 is 14.8 Å². The molecule has 4 aromatic heterocycles. The molecule has 0 aliphatic carbocycles. The maximum Gasteiger partial charge on any atom is 0.255 e. The van der Waals surface area contributed by atoms with Crippen molar-refractivity contribution < 1.29 is 18.3 Å². The van der Waals surface area contributed by atoms with E-state index in [4.69, 9.17) is 32.7 Å². The third kappa shape index (κ3) is 4.59. The van der Waals surface area contributed by atoms with Crippen molar-refractivity contribution in [3.8, 4) is 22.6 Å². The molecule has 0 bridgehead atoms. The summed E-state index contributed by atoms with van der Waals surface area (Å²) in [6, 6.07) is 6.82. The van der Waals surface area contributed by atoms with E-state index in [0.717, 1.165) is 5.52 Å². The predicted octanol–water partition coefficient (Wildman–Crippen LogP) is 5.42. The van der Waals surface area contributed by atoms with Gasteiger partial charge in [0.15, 0.2) is 23.0 Å². The number of pyridine rings is 2. The van der Waals surface area contributed by atoms with Crippen LogP contribution in [0.3, 0.4) is 0 Å². The van der Waals surface area contributed by atoms with Crippen molar-refractivity contribution in [2.45, 2.75) is 13.0 Å². The number of methoxy groups -OCH3 is 2. The van der Waals surface area contributed by atoms with Crippen molar-refractivity contribution in [3.63, 3.8) is 0 Å². The summed E-state index contributed by atoms with van der Waals surface area (Å²) < 4.78 is 38.2. The average molecular weight is 534 g/mol. The molecule has 0 atom stereocenters. The molecule has 186 valence electrons. The Hall–Kier alpha value is -3.70. The van der Waals surface area contributed by atoms with Gasteiger partial charge in [0.05, 0.1) is 37.8 Å². The lowest BCUT2D eigenvalue weighted by atomic mass is 10.0. The first-order chi connectivity index (χ1) is 17.4. The summed E-state index contributed by atoms with van der Waals surface area (Å²) in [6.07, 6.45) is 0.780. The van der Waals surface area contributed by atoms with Crippen LogP contribution >= 0.6 is 23.2 Å². The van der Waals surface area contributed by atoms with Crippen LogP contribution in [0.1, 0.15) is 5.82 Å². The van der Waals surface area contributed by atoms with Crippen LogP contribution in [-0.2, 0) is 6.54 Å². The lowest BCUT2D eigenvalue weighted by Gasteiger charge is -2.13. The number of nitrogens with one attached hydrogen (secondary N) is 2. The first kappa shape index (κ1) is 24.0. The van der Waals surface area contributed by atoms with Gasteiger partial charge in [-0.1, -0.05) is 23.2 Å². The molecule has 9 nitrogen and oxygen atoms in total. The van der Waals surface area contributed by atoms with Crippen LogP contribution in [0.2, 0.25) is 10.2 Å². The number of halogens is 4. The smallest absolute Gasteiger partial charge is 0.255 e. The Morgan fingerprint density at radius 2 is 1.86 bits per heavy atom. The van der Waals surface area contributed by atoms with E-state index < -0.39 is 13.0 Å². The number of fused-ring (bicyclic) bond motifs is 2. The molecule has 36 heavy (non-hydrogen) atoms. The molecule has 0 unspecified atom stereocenters. The van der Waals surface area contributed by atoms with Crippen LogP contribution in [0, 0.1) is 0 Å². The highest BCUT2D eigenvalue weighted by Gasteiger charge is 2.19. The van der Waals surface area contributed by atoms with Gasteiger partial charge in [-0.15, -0.1) is 0 Å². The highest BCUT2D eigenvalue weighted by atomic mass is 35.5. The first-order valence-electron chi connectivity index (χ1n) is 10.7. The summed E-state index contributed by atoms with van der Waals surface area (Å²) >= 11 is 12.5. The number of ether oxygens (including phenoxy) is 2. The van der Waals surface area contributed by atoms with Gasteiger partial charge in [-0.05, 0) is 18.2 Å². The van der Waals surface area contributed by atoms with Gasteiger partial charge >= 0.3 is 0 Å². The minimum Gasteiger partial charge on any atom is -0.493 e. The second-order valence-electron chi connectivity index (χ2n) is 7.76. The Morgan fingerprint density at radius 3 is 2.61 bits per heavy atom. The molecule has 0 fully saturated rings. The first-order valence-corrected chi connectivity index (χ1v) is 11.4. The summed E-state index contributed by atoms with van der Waals surface area (Å²) in [5.74, 6) is 1.77. The average Bonchev–Trinajstić information content (AvgIpc) is 3.45. The van der Waals surface area contributed by atoms with Crippen LogP contribution in [0.25, 0.3) is 33.2 Å². The zero-order valence-corrected chi connectivity index (χ0v) is 20.5. The Morgan fingerprint density at radius 1 is 1.08 bits per heavy atom. The van der Waals surface area contributed by atoms with Gasteiger partial charge in [-0.25, -0.2) is 23.7 Å². The highest BCUT2D eigenvalue weighted by Crippen LogP contribution is 2.41. The number of anilines is 1. The Kier molecular flexibility index (Phi) is 6.50. The fourth-order valence-electron chi connectivity index (χ4n) is 3.86. The molecule has 0 aliphatic heterocycles. The fourth-order valence-corrected chi connectivity index (χ4v) is 4.26. The summed E-state index contributed by atoms with van der Waals surface area (Å²) in [7, 11) is 3.04. The number of nitrogens with zero attached hydrogens (tertiary/aromatic N) is 5. The van der Waals surface area contributed by atoms with Gasteiger partial charge < -0.3 is 19.8 Å². The normalized spacial score (nSPS) is 11.5. The number of H-pyrrole nitrogens is 1. The molecule has 4 heterocycles. The Bertz CT molecular complexity index is 1570. The number of hydrogen-bond donors (Lipinski definition) is 2. The summed E-state index contributed by atoms with van der Waals surface area (Å²) in [5, 5.41) is 8.65. The molecule has 0 spiro atoms. The van der Waals surface area contributed by atoms with E-state index >= 15 is 0 Å². The molecular formula is C23H19Cl2F2N7O2. The number of benzene rings is 1. The van der Waals surface area contributed by atoms with E-state index in [1.54, 1.807) is 41.3 Å². The standard InChI is InChI=1S/C23H19Cl2F2N7O2/c1-35-16-5-11(14(24)6-17(16)36-2)12-7-28-23(29-8-19(26)27)21-13(12)9-34(33-21)10-20-30-15-3-4-18(25)31-22(15)32-20/h3-7,9,19H,8,10H2,1-2H3,(H,28,29)(H,30,31,32). The topological polar surface area (TPSA) is 103 Å². The molecule has 5 aromatic rings. The number of alkyl halides is 2. The maximum absolute atomic E-state index is 12.9. The summed E-state index contributed by atoms with van der Waals surface area (Å²) in [5.41, 5.74) is 2.87. The van der Waals surface area contributed by atoms with Crippen LogP contribution in [0.15, 0.2) is 36.7 Å². The van der Waals surface area contributed by atoms with Crippen molar-refractivity contribution >= 4 is 51.1 Å². The van der Waals surface area contributed by atoms with Gasteiger partial charge in [0.25, 0.3) is 6.43 Å². The lowest BCUT2D eigenvalue weighted by Crippen LogP contribution is -2.11. The van der Waals surface area contributed by atoms with Crippen molar-refractivity contribution in [1.82, 2.24) is 29.7 Å². The molecule has 5 rings (SSSR count). The largest absolute Gasteiger partial charge is 0.493 e. The van der Waals surface area contributed by atoms with Gasteiger partial charge in [-0.2, -0.15) is 5.10 Å². The Labute approximate surface area is 213 Å². The predicted molar refractivity (Wildman–Crippen MR) is 134 cm³/mol. The lowest BCUT2D eigenvalue weighted by molar-refractivity contribution is 0.163. The number of aromatic amines is 1. The molecular weight excluding hydrogens is 515 g/mol. The van der Waals surface area contributed by atoms with E-state index in [1.165, 1.54) is 14.2 Å². The number of aromatic nitrogens is 6. The second-order valence-corrected chi connectivity index (χ2v) is 8.55. The molecule has 13 heteroatoms. The van der Waals surface area contributed by atoms with Crippen molar-refractivity contribution in [2.75, 3.05) is 26.1 Å². The quantitative estimate of drug-likeness (QED) is 0.257. The molecule has 0 amide bonds. The number of hydrogen-bond acceptors (Lipinski definition) is 7. The van der Waals surface area contributed by atoms with E-state index in [2.05, 4.69) is 30.4 Å². The molecule has 0 saturated carbocycles. The SMILES string of the molecule is COc1cc(Cl)c(-c2cnc(NCC(F)F)c3nn(Cc4nc5nc(Cl)ccc5[nH]4)cc23)cc1OC. The van der Waals surface area contributed by atoms with Crippen molar-refractivity contribution in [1.29, 1.82) is 0 Å². The minimum absolute atomic E-state index is 0.224. The second kappa shape index (κ2) is 9.75. The molecule has 0 saturated heterocycles. The fraction of sp³-hybridized carbons (Fsp3) is 0.217. The van der Waals surface area contributed by atoms with Gasteiger partial charge in [0.1, 0.15) is 16.5 Å². The highest BCUT2D eigenvalue weighted by molar-refractivity contribution is 6.34. The van der Waals surface area contributed by atoms with Crippen LogP contribution in [-0.4, -0.2) is 56.9 Å². The van der Waals surface area contributed by atoms with Crippen LogP contribution in [0.5, 0.6) is 11.5 Å². The van der Waals surface area contributed by atoms with Gasteiger partial charge in [-0.3, -0.25) is 4.68 Å². The molecule has 1 aromatic carbocycles. The van der Waals surface area contributed by atoms with E-state index in [9.17, 15) is 8.78 Å². The maximum atomic E-state index is 12.9. The molecule has 0 aliphatic rings. The zero-order valence-electron chi connectivity index (χ0n) is 19.0. The van der Waals surface area contributed by atoms with Gasteiger partial charge in [0, 0.05) is 35.0 Å². The third-order valence-electron chi connectivity index (χ3n) is 5.46. The third-order valence-corrected chi connectivity index (χ3v) is 5.98.